The molecule has 0 aliphatic heterocycles. The Bertz CT molecular complexity index is 528. The largest absolute Gasteiger partial charge is 0.416 e. The minimum atomic E-state index is -4.47. The van der Waals surface area contributed by atoms with Crippen LogP contribution in [0.3, 0.4) is 0 Å². The van der Waals surface area contributed by atoms with Crippen LogP contribution in [0.4, 0.5) is 24.5 Å². The quantitative estimate of drug-likeness (QED) is 0.718. The summed E-state index contributed by atoms with van der Waals surface area (Å²) < 4.78 is 58.3. The van der Waals surface area contributed by atoms with E-state index in [0.717, 1.165) is 18.2 Å². The van der Waals surface area contributed by atoms with Crippen molar-refractivity contribution < 1.29 is 21.6 Å². The van der Waals surface area contributed by atoms with E-state index in [4.69, 9.17) is 10.9 Å². The summed E-state index contributed by atoms with van der Waals surface area (Å²) in [4.78, 5) is 0. The molecule has 0 radical (unpaired) electrons. The van der Waals surface area contributed by atoms with Gasteiger partial charge in [0.15, 0.2) is 0 Å². The Morgan fingerprint density at radius 2 is 1.89 bits per heavy atom. The number of rotatable bonds is 4. The highest BCUT2D eigenvalue weighted by Gasteiger charge is 2.30. The molecule has 0 spiro atoms. The Kier molecular flexibility index (Phi) is 4.07. The van der Waals surface area contributed by atoms with Gasteiger partial charge >= 0.3 is 6.18 Å². The molecule has 5 N–H and O–H groups in total. The van der Waals surface area contributed by atoms with E-state index < -0.39 is 21.8 Å². The molecule has 1 aromatic rings. The number of nitrogen functional groups attached to an aromatic ring is 1. The Balaban J connectivity index is 2.75. The number of sulfonamides is 1. The third kappa shape index (κ3) is 4.41. The summed E-state index contributed by atoms with van der Waals surface area (Å²) in [5.74, 6) is -0.340. The van der Waals surface area contributed by atoms with Gasteiger partial charge < -0.3 is 11.1 Å². The maximum Gasteiger partial charge on any atom is 0.416 e. The van der Waals surface area contributed by atoms with Crippen molar-refractivity contribution in [2.45, 2.75) is 6.18 Å². The van der Waals surface area contributed by atoms with Gasteiger partial charge in [0.05, 0.1) is 22.7 Å². The van der Waals surface area contributed by atoms with Crippen LogP contribution in [0.1, 0.15) is 5.56 Å². The van der Waals surface area contributed by atoms with Gasteiger partial charge in [0.2, 0.25) is 10.0 Å². The second-order valence-electron chi connectivity index (χ2n) is 3.59. The lowest BCUT2D eigenvalue weighted by Gasteiger charge is -2.12. The number of primary sulfonamides is 1. The minimum Gasteiger partial charge on any atom is -0.397 e. The van der Waals surface area contributed by atoms with Gasteiger partial charge in [0.25, 0.3) is 0 Å². The monoisotopic (exact) mass is 283 g/mol. The van der Waals surface area contributed by atoms with E-state index in [9.17, 15) is 21.6 Å². The van der Waals surface area contributed by atoms with Crippen molar-refractivity contribution in [3.05, 3.63) is 23.8 Å². The first-order valence-corrected chi connectivity index (χ1v) is 6.52. The van der Waals surface area contributed by atoms with Gasteiger partial charge in [-0.1, -0.05) is 0 Å². The van der Waals surface area contributed by atoms with Gasteiger partial charge in [0, 0.05) is 6.54 Å². The topological polar surface area (TPSA) is 98.2 Å². The second kappa shape index (κ2) is 5.02. The number of hydrogen-bond acceptors (Lipinski definition) is 4. The smallest absolute Gasteiger partial charge is 0.397 e. The molecular weight excluding hydrogens is 271 g/mol. The van der Waals surface area contributed by atoms with Gasteiger partial charge in [-0.05, 0) is 18.2 Å². The van der Waals surface area contributed by atoms with Crippen LogP contribution in [0.25, 0.3) is 0 Å². The third-order valence-corrected chi connectivity index (χ3v) is 2.85. The van der Waals surface area contributed by atoms with Crippen molar-refractivity contribution in [2.24, 2.45) is 5.14 Å². The first-order chi connectivity index (χ1) is 8.09. The molecule has 0 aromatic heterocycles. The van der Waals surface area contributed by atoms with E-state index in [1.165, 1.54) is 0 Å². The number of alkyl halides is 3. The Hall–Kier alpha value is -1.48. The van der Waals surface area contributed by atoms with Crippen molar-refractivity contribution in [3.8, 4) is 0 Å². The van der Waals surface area contributed by atoms with Crippen molar-refractivity contribution in [3.63, 3.8) is 0 Å². The van der Waals surface area contributed by atoms with E-state index in [1.807, 2.05) is 0 Å². The summed E-state index contributed by atoms with van der Waals surface area (Å²) in [5.41, 5.74) is 4.68. The van der Waals surface area contributed by atoms with E-state index in [1.54, 1.807) is 0 Å². The molecule has 0 aliphatic rings. The van der Waals surface area contributed by atoms with Crippen molar-refractivity contribution in [2.75, 3.05) is 23.3 Å². The van der Waals surface area contributed by atoms with Crippen molar-refractivity contribution in [1.29, 1.82) is 0 Å². The van der Waals surface area contributed by atoms with Crippen LogP contribution >= 0.6 is 0 Å². The predicted molar refractivity (Wildman–Crippen MR) is 62.3 cm³/mol. The fourth-order valence-electron chi connectivity index (χ4n) is 1.23. The molecule has 0 fully saturated rings. The number of hydrogen-bond donors (Lipinski definition) is 3. The van der Waals surface area contributed by atoms with Crippen LogP contribution in [0.5, 0.6) is 0 Å². The minimum absolute atomic E-state index is 0.0333. The van der Waals surface area contributed by atoms with Crippen LogP contribution in [0.2, 0.25) is 0 Å². The maximum atomic E-state index is 12.3. The summed E-state index contributed by atoms with van der Waals surface area (Å²) in [6.07, 6.45) is -4.47. The molecule has 0 amide bonds. The molecule has 5 nitrogen and oxygen atoms in total. The Morgan fingerprint density at radius 3 is 2.33 bits per heavy atom. The lowest BCUT2D eigenvalue weighted by Crippen LogP contribution is -2.22. The third-order valence-electron chi connectivity index (χ3n) is 2.08. The normalized spacial score (nSPS) is 12.4. The van der Waals surface area contributed by atoms with E-state index in [0.29, 0.717) is 0 Å². The number of benzene rings is 1. The highest BCUT2D eigenvalue weighted by Crippen LogP contribution is 2.32. The summed E-state index contributed by atoms with van der Waals surface area (Å²) in [7, 11) is -3.62. The number of nitrogens with two attached hydrogens (primary N) is 2. The molecule has 0 bridgehead atoms. The van der Waals surface area contributed by atoms with Crippen LogP contribution in [0, 0.1) is 0 Å². The summed E-state index contributed by atoms with van der Waals surface area (Å²) in [6, 6.07) is 2.77. The van der Waals surface area contributed by atoms with Gasteiger partial charge in [-0.2, -0.15) is 13.2 Å². The summed E-state index contributed by atoms with van der Waals surface area (Å²) in [5, 5.41) is 7.37. The SMILES string of the molecule is Nc1cc(C(F)(F)F)ccc1NCCS(N)(=O)=O. The molecule has 102 valence electrons. The van der Waals surface area contributed by atoms with E-state index in [2.05, 4.69) is 5.32 Å². The molecule has 0 atom stereocenters. The summed E-state index contributed by atoms with van der Waals surface area (Å²) in [6.45, 7) is -0.0333. The summed E-state index contributed by atoms with van der Waals surface area (Å²) >= 11 is 0. The van der Waals surface area contributed by atoms with Crippen molar-refractivity contribution >= 4 is 21.4 Å². The van der Waals surface area contributed by atoms with Crippen LogP contribution in [0.15, 0.2) is 18.2 Å². The van der Waals surface area contributed by atoms with E-state index >= 15 is 0 Å². The Labute approximate surface area is 102 Å². The van der Waals surface area contributed by atoms with Crippen molar-refractivity contribution in [1.82, 2.24) is 0 Å². The lowest BCUT2D eigenvalue weighted by molar-refractivity contribution is -0.137. The van der Waals surface area contributed by atoms with Gasteiger partial charge in [-0.3, -0.25) is 0 Å². The zero-order chi connectivity index (χ0) is 14.0. The first-order valence-electron chi connectivity index (χ1n) is 4.80. The lowest BCUT2D eigenvalue weighted by atomic mass is 10.1. The maximum absolute atomic E-state index is 12.3. The molecule has 0 saturated heterocycles. The zero-order valence-corrected chi connectivity index (χ0v) is 9.98. The number of nitrogens with one attached hydrogen (secondary N) is 1. The second-order valence-corrected chi connectivity index (χ2v) is 5.33. The molecule has 18 heavy (non-hydrogen) atoms. The highest BCUT2D eigenvalue weighted by atomic mass is 32.2. The molecule has 9 heteroatoms. The van der Waals surface area contributed by atoms with Crippen LogP contribution in [-0.2, 0) is 16.2 Å². The van der Waals surface area contributed by atoms with E-state index in [-0.39, 0.29) is 23.7 Å². The molecule has 0 saturated carbocycles. The highest BCUT2D eigenvalue weighted by molar-refractivity contribution is 7.89. The number of anilines is 2. The van der Waals surface area contributed by atoms with Crippen LogP contribution < -0.4 is 16.2 Å². The molecular formula is C9H12F3N3O2S. The average Bonchev–Trinajstić information content (AvgIpc) is 2.17. The molecule has 1 aromatic carbocycles. The molecule has 0 unspecified atom stereocenters. The standard InChI is InChI=1S/C9H12F3N3O2S/c10-9(11,12)6-1-2-8(7(13)5-6)15-3-4-18(14,16)17/h1-2,5,15H,3-4,13H2,(H2,14,16,17). The predicted octanol–water partition coefficient (Wildman–Crippen LogP) is 0.988. The fourth-order valence-corrected chi connectivity index (χ4v) is 1.61. The van der Waals surface area contributed by atoms with Gasteiger partial charge in [-0.15, -0.1) is 0 Å². The molecule has 0 heterocycles. The number of halogens is 3. The van der Waals surface area contributed by atoms with Crippen LogP contribution in [-0.4, -0.2) is 20.7 Å². The fraction of sp³-hybridized carbons (Fsp3) is 0.333. The Morgan fingerprint density at radius 1 is 1.28 bits per heavy atom. The molecule has 1 rings (SSSR count). The zero-order valence-electron chi connectivity index (χ0n) is 9.16. The first kappa shape index (κ1) is 14.6. The average molecular weight is 283 g/mol. The molecule has 0 aliphatic carbocycles. The van der Waals surface area contributed by atoms with Gasteiger partial charge in [-0.25, -0.2) is 13.6 Å². The van der Waals surface area contributed by atoms with Gasteiger partial charge in [0.1, 0.15) is 0 Å².